The second-order valence-electron chi connectivity index (χ2n) is 2.58. The van der Waals surface area contributed by atoms with Gasteiger partial charge < -0.3 is 15.2 Å². The van der Waals surface area contributed by atoms with Gasteiger partial charge in [0.15, 0.2) is 5.75 Å². The molecule has 1 rings (SSSR count). The van der Waals surface area contributed by atoms with E-state index in [2.05, 4.69) is 9.72 Å². The molecule has 0 spiro atoms. The first-order chi connectivity index (χ1) is 7.39. The molecule has 1 heterocycles. The van der Waals surface area contributed by atoms with E-state index in [9.17, 15) is 13.2 Å². The lowest BCUT2D eigenvalue weighted by atomic mass is 10.2. The molecule has 0 aromatic carbocycles. The Morgan fingerprint density at radius 2 is 2.12 bits per heavy atom. The molecule has 1 aromatic heterocycles. The Morgan fingerprint density at radius 1 is 1.50 bits per heavy atom. The number of anilines is 1. The lowest BCUT2D eigenvalue weighted by Gasteiger charge is -2.11. The molecule has 0 unspecified atom stereocenters. The van der Waals surface area contributed by atoms with Crippen molar-refractivity contribution in [3.8, 4) is 17.7 Å². The molecule has 0 aliphatic heterocycles. The van der Waals surface area contributed by atoms with Gasteiger partial charge in [0.05, 0.1) is 13.3 Å². The molecule has 0 saturated carbocycles. The van der Waals surface area contributed by atoms with Crippen molar-refractivity contribution in [2.45, 2.75) is 6.36 Å². The quantitative estimate of drug-likeness (QED) is 0.835. The van der Waals surface area contributed by atoms with E-state index in [-0.39, 0.29) is 11.3 Å². The predicted octanol–water partition coefficient (Wildman–Crippen LogP) is 1.44. The van der Waals surface area contributed by atoms with Gasteiger partial charge in [-0.2, -0.15) is 5.26 Å². The summed E-state index contributed by atoms with van der Waals surface area (Å²) in [6, 6.07) is 1.60. The van der Waals surface area contributed by atoms with Gasteiger partial charge in [-0.25, -0.2) is 4.98 Å². The van der Waals surface area contributed by atoms with Crippen LogP contribution in [0.15, 0.2) is 6.20 Å². The zero-order valence-corrected chi connectivity index (χ0v) is 8.00. The lowest BCUT2D eigenvalue weighted by molar-refractivity contribution is -0.275. The maximum absolute atomic E-state index is 11.9. The molecule has 86 valence electrons. The molecule has 16 heavy (non-hydrogen) atoms. The summed E-state index contributed by atoms with van der Waals surface area (Å²) in [5.41, 5.74) is 4.52. The van der Waals surface area contributed by atoms with Crippen molar-refractivity contribution in [1.29, 1.82) is 5.26 Å². The second kappa shape index (κ2) is 4.14. The smallest absolute Gasteiger partial charge is 0.494 e. The molecule has 0 bridgehead atoms. The van der Waals surface area contributed by atoms with Crippen LogP contribution in [0.2, 0.25) is 0 Å². The zero-order chi connectivity index (χ0) is 12.3. The first-order valence-electron chi connectivity index (χ1n) is 3.87. The predicted molar refractivity (Wildman–Crippen MR) is 46.6 cm³/mol. The average Bonchev–Trinajstić information content (AvgIpc) is 2.19. The first kappa shape index (κ1) is 11.9. The summed E-state index contributed by atoms with van der Waals surface area (Å²) < 4.78 is 44.0. The molecule has 2 N–H and O–H groups in total. The van der Waals surface area contributed by atoms with Crippen LogP contribution in [-0.4, -0.2) is 18.5 Å². The first-order valence-corrected chi connectivity index (χ1v) is 3.87. The van der Waals surface area contributed by atoms with Crippen LogP contribution in [0.1, 0.15) is 5.56 Å². The summed E-state index contributed by atoms with van der Waals surface area (Å²) >= 11 is 0. The average molecular weight is 233 g/mol. The van der Waals surface area contributed by atoms with Crippen LogP contribution in [0, 0.1) is 11.3 Å². The van der Waals surface area contributed by atoms with Gasteiger partial charge >= 0.3 is 6.36 Å². The van der Waals surface area contributed by atoms with Gasteiger partial charge in [-0.3, -0.25) is 0 Å². The number of pyridine rings is 1. The van der Waals surface area contributed by atoms with Crippen molar-refractivity contribution in [3.63, 3.8) is 0 Å². The molecular formula is C8H6F3N3O2. The number of nitriles is 1. The van der Waals surface area contributed by atoms with Crippen molar-refractivity contribution >= 4 is 5.69 Å². The zero-order valence-electron chi connectivity index (χ0n) is 8.00. The van der Waals surface area contributed by atoms with Gasteiger partial charge in [0.1, 0.15) is 17.3 Å². The molecule has 0 amide bonds. The molecule has 0 radical (unpaired) electrons. The Kier molecular flexibility index (Phi) is 3.08. The Bertz CT molecular complexity index is 439. The van der Waals surface area contributed by atoms with E-state index >= 15 is 0 Å². The van der Waals surface area contributed by atoms with E-state index in [0.29, 0.717) is 0 Å². The minimum absolute atomic E-state index is 0.0190. The number of ether oxygens (including phenoxy) is 2. The summed E-state index contributed by atoms with van der Waals surface area (Å²) in [6.45, 7) is 0. The van der Waals surface area contributed by atoms with Crippen LogP contribution in [0.5, 0.6) is 11.6 Å². The summed E-state index contributed by atoms with van der Waals surface area (Å²) in [6.07, 6.45) is -3.99. The van der Waals surface area contributed by atoms with E-state index in [1.165, 1.54) is 7.11 Å². The molecule has 1 aromatic rings. The van der Waals surface area contributed by atoms with Gasteiger partial charge in [-0.15, -0.1) is 13.2 Å². The van der Waals surface area contributed by atoms with Crippen molar-refractivity contribution in [3.05, 3.63) is 11.8 Å². The fourth-order valence-corrected chi connectivity index (χ4v) is 0.952. The fourth-order valence-electron chi connectivity index (χ4n) is 0.952. The van der Waals surface area contributed by atoms with Crippen molar-refractivity contribution in [2.75, 3.05) is 12.8 Å². The van der Waals surface area contributed by atoms with Gasteiger partial charge in [-0.05, 0) is 0 Å². The third-order valence-corrected chi connectivity index (χ3v) is 1.59. The van der Waals surface area contributed by atoms with Crippen molar-refractivity contribution < 1.29 is 22.6 Å². The Labute approximate surface area is 88.2 Å². The number of hydrogen-bond donors (Lipinski definition) is 1. The number of hydrogen-bond acceptors (Lipinski definition) is 5. The van der Waals surface area contributed by atoms with Gasteiger partial charge in [0, 0.05) is 0 Å². The van der Waals surface area contributed by atoms with Crippen LogP contribution in [0.4, 0.5) is 18.9 Å². The molecule has 5 nitrogen and oxygen atoms in total. The minimum atomic E-state index is -4.91. The highest BCUT2D eigenvalue weighted by Crippen LogP contribution is 2.32. The monoisotopic (exact) mass is 233 g/mol. The fraction of sp³-hybridized carbons (Fsp3) is 0.250. The van der Waals surface area contributed by atoms with Gasteiger partial charge in [-0.1, -0.05) is 0 Å². The van der Waals surface area contributed by atoms with Crippen LogP contribution >= 0.6 is 0 Å². The summed E-state index contributed by atoms with van der Waals surface area (Å²) in [5.74, 6) is -0.889. The van der Waals surface area contributed by atoms with Crippen molar-refractivity contribution in [2.24, 2.45) is 0 Å². The third kappa shape index (κ3) is 2.44. The van der Waals surface area contributed by atoms with Crippen LogP contribution in [0.3, 0.4) is 0 Å². The number of nitrogen functional groups attached to an aromatic ring is 1. The highest BCUT2D eigenvalue weighted by molar-refractivity contribution is 5.65. The maximum Gasteiger partial charge on any atom is 0.574 e. The normalized spacial score (nSPS) is 10.7. The van der Waals surface area contributed by atoms with E-state index < -0.39 is 17.9 Å². The van der Waals surface area contributed by atoms with Gasteiger partial charge in [0.25, 0.3) is 0 Å². The summed E-state index contributed by atoms with van der Waals surface area (Å²) in [5, 5.41) is 8.68. The Balaban J connectivity index is 3.21. The van der Waals surface area contributed by atoms with Crippen LogP contribution in [0.25, 0.3) is 0 Å². The highest BCUT2D eigenvalue weighted by atomic mass is 19.4. The van der Waals surface area contributed by atoms with Crippen molar-refractivity contribution in [1.82, 2.24) is 4.98 Å². The number of aromatic nitrogens is 1. The number of nitrogens with two attached hydrogens (primary N) is 1. The lowest BCUT2D eigenvalue weighted by Crippen LogP contribution is -2.19. The van der Waals surface area contributed by atoms with E-state index in [1.54, 1.807) is 6.07 Å². The number of alkyl halides is 3. The maximum atomic E-state index is 11.9. The highest BCUT2D eigenvalue weighted by Gasteiger charge is 2.33. The van der Waals surface area contributed by atoms with E-state index in [0.717, 1.165) is 6.20 Å². The molecule has 0 atom stereocenters. The topological polar surface area (TPSA) is 81.2 Å². The number of methoxy groups -OCH3 is 1. The molecule has 0 aliphatic rings. The largest absolute Gasteiger partial charge is 0.574 e. The number of rotatable bonds is 2. The molecule has 0 aliphatic carbocycles. The third-order valence-electron chi connectivity index (χ3n) is 1.59. The SMILES string of the molecule is COc1cnc(OC(F)(F)F)c(N)c1C#N. The summed E-state index contributed by atoms with van der Waals surface area (Å²) in [7, 11) is 1.24. The van der Waals surface area contributed by atoms with Crippen LogP contribution in [-0.2, 0) is 0 Å². The molecule has 8 heteroatoms. The van der Waals surface area contributed by atoms with E-state index in [4.69, 9.17) is 15.7 Å². The van der Waals surface area contributed by atoms with Crippen LogP contribution < -0.4 is 15.2 Å². The molecule has 0 fully saturated rings. The van der Waals surface area contributed by atoms with E-state index in [1.807, 2.05) is 0 Å². The van der Waals surface area contributed by atoms with Gasteiger partial charge in [0.2, 0.25) is 5.88 Å². The standard InChI is InChI=1S/C8H6F3N3O2/c1-15-5-3-14-7(16-8(9,10)11)6(13)4(5)2-12/h3H,13H2,1H3. The number of halogens is 3. The molecule has 0 saturated heterocycles. The summed E-state index contributed by atoms with van der Waals surface area (Å²) in [4.78, 5) is 3.30. The minimum Gasteiger partial charge on any atom is -0.494 e. The number of nitrogens with zero attached hydrogens (tertiary/aromatic N) is 2. The second-order valence-corrected chi connectivity index (χ2v) is 2.58. The Morgan fingerprint density at radius 3 is 2.56 bits per heavy atom. The molecular weight excluding hydrogens is 227 g/mol. The Hall–Kier alpha value is -2.17.